The highest BCUT2D eigenvalue weighted by Crippen LogP contribution is 2.23. The number of nitrogens with one attached hydrogen (secondary N) is 1. The Morgan fingerprint density at radius 1 is 1.40 bits per heavy atom. The summed E-state index contributed by atoms with van der Waals surface area (Å²) in [6.07, 6.45) is 1.42. The molecule has 0 radical (unpaired) electrons. The molecule has 0 aliphatic carbocycles. The van der Waals surface area contributed by atoms with Crippen molar-refractivity contribution in [3.8, 4) is 0 Å². The van der Waals surface area contributed by atoms with Crippen molar-refractivity contribution in [3.05, 3.63) is 39.1 Å². The number of anilines is 1. The lowest BCUT2D eigenvalue weighted by Crippen LogP contribution is -2.43. The quantitative estimate of drug-likeness (QED) is 0.816. The Kier molecular flexibility index (Phi) is 5.43. The van der Waals surface area contributed by atoms with Crippen LogP contribution in [0, 0.1) is 18.7 Å². The molecule has 2 amide bonds. The van der Waals surface area contributed by atoms with Crippen LogP contribution in [0.4, 0.5) is 9.52 Å². The lowest BCUT2D eigenvalue weighted by molar-refractivity contribution is -0.121. The predicted octanol–water partition coefficient (Wildman–Crippen LogP) is 3.24. The summed E-state index contributed by atoms with van der Waals surface area (Å²) in [4.78, 5) is 26.6. The van der Waals surface area contributed by atoms with E-state index in [0.29, 0.717) is 29.1 Å². The number of nitrogens with zero attached hydrogens (tertiary/aromatic N) is 3. The Balaban J connectivity index is 1.66. The molecule has 1 aliphatic heterocycles. The molecule has 9 heteroatoms. The fraction of sp³-hybridized carbons (Fsp3) is 0.375. The number of aryl methyl sites for hydroxylation is 1. The van der Waals surface area contributed by atoms with Crippen molar-refractivity contribution in [2.24, 2.45) is 5.92 Å². The Labute approximate surface area is 156 Å². The van der Waals surface area contributed by atoms with E-state index in [2.05, 4.69) is 31.4 Å². The third-order valence-corrected chi connectivity index (χ3v) is 5.40. The zero-order chi connectivity index (χ0) is 18.0. The Morgan fingerprint density at radius 3 is 2.88 bits per heavy atom. The molecule has 1 fully saturated rings. The van der Waals surface area contributed by atoms with Gasteiger partial charge >= 0.3 is 0 Å². The average molecular weight is 427 g/mol. The van der Waals surface area contributed by atoms with Crippen LogP contribution >= 0.6 is 27.3 Å². The standard InChI is InChI=1S/C16H16BrFN4O2S/c1-9-20-21-16(25-9)19-14(23)11-3-2-6-22(8-11)15(24)10-4-5-12(17)13(18)7-10/h4-5,7,11H,2-3,6,8H2,1H3,(H,19,21,23). The largest absolute Gasteiger partial charge is 0.338 e. The maximum absolute atomic E-state index is 13.7. The van der Waals surface area contributed by atoms with Crippen molar-refractivity contribution in [2.75, 3.05) is 18.4 Å². The first-order chi connectivity index (χ1) is 11.9. The van der Waals surface area contributed by atoms with Gasteiger partial charge in [0.25, 0.3) is 5.91 Å². The van der Waals surface area contributed by atoms with E-state index in [1.54, 1.807) is 11.0 Å². The summed E-state index contributed by atoms with van der Waals surface area (Å²) >= 11 is 4.38. The number of benzene rings is 1. The molecule has 1 aliphatic rings. The van der Waals surface area contributed by atoms with Crippen molar-refractivity contribution < 1.29 is 14.0 Å². The molecule has 132 valence electrons. The lowest BCUT2D eigenvalue weighted by Gasteiger charge is -2.32. The molecule has 3 rings (SSSR count). The molecule has 1 saturated heterocycles. The second kappa shape index (κ2) is 7.57. The minimum absolute atomic E-state index is 0.171. The Hall–Kier alpha value is -1.87. The first-order valence-corrected chi connectivity index (χ1v) is 9.40. The smallest absolute Gasteiger partial charge is 0.253 e. The zero-order valence-electron chi connectivity index (χ0n) is 13.5. The molecular weight excluding hydrogens is 411 g/mol. The molecule has 0 spiro atoms. The minimum Gasteiger partial charge on any atom is -0.338 e. The van der Waals surface area contributed by atoms with E-state index in [1.165, 1.54) is 23.5 Å². The molecule has 6 nitrogen and oxygen atoms in total. The minimum atomic E-state index is -0.483. The van der Waals surface area contributed by atoms with Crippen molar-refractivity contribution in [2.45, 2.75) is 19.8 Å². The van der Waals surface area contributed by atoms with E-state index in [0.717, 1.165) is 11.4 Å². The first kappa shape index (κ1) is 17.9. The van der Waals surface area contributed by atoms with Crippen LogP contribution in [-0.4, -0.2) is 40.0 Å². The van der Waals surface area contributed by atoms with Gasteiger partial charge in [0, 0.05) is 18.7 Å². The SMILES string of the molecule is Cc1nnc(NC(=O)C2CCCN(C(=O)c3ccc(Br)c(F)c3)C2)s1. The van der Waals surface area contributed by atoms with Crippen molar-refractivity contribution in [1.82, 2.24) is 15.1 Å². The van der Waals surface area contributed by atoms with Crippen LogP contribution in [-0.2, 0) is 4.79 Å². The number of aromatic nitrogens is 2. The summed E-state index contributed by atoms with van der Waals surface area (Å²) < 4.78 is 14.0. The van der Waals surface area contributed by atoms with Crippen LogP contribution in [0.15, 0.2) is 22.7 Å². The molecule has 1 aromatic heterocycles. The highest BCUT2D eigenvalue weighted by Gasteiger charge is 2.29. The summed E-state index contributed by atoms with van der Waals surface area (Å²) in [5.74, 6) is -1.24. The van der Waals surface area contributed by atoms with Crippen LogP contribution in [0.2, 0.25) is 0 Å². The van der Waals surface area contributed by atoms with Gasteiger partial charge < -0.3 is 10.2 Å². The zero-order valence-corrected chi connectivity index (χ0v) is 15.9. The van der Waals surface area contributed by atoms with Gasteiger partial charge in [-0.25, -0.2) is 4.39 Å². The molecule has 2 aromatic rings. The number of amides is 2. The molecule has 1 atom stereocenters. The topological polar surface area (TPSA) is 75.2 Å². The van der Waals surface area contributed by atoms with Gasteiger partial charge in [-0.15, -0.1) is 10.2 Å². The molecular formula is C16H16BrFN4O2S. The monoisotopic (exact) mass is 426 g/mol. The van der Waals surface area contributed by atoms with Crippen LogP contribution in [0.1, 0.15) is 28.2 Å². The summed E-state index contributed by atoms with van der Waals surface area (Å²) in [5, 5.41) is 11.7. The molecule has 2 heterocycles. The highest BCUT2D eigenvalue weighted by molar-refractivity contribution is 9.10. The van der Waals surface area contributed by atoms with Gasteiger partial charge in [0.2, 0.25) is 11.0 Å². The number of halogens is 2. The second-order valence-electron chi connectivity index (χ2n) is 5.83. The maximum Gasteiger partial charge on any atom is 0.253 e. The molecule has 0 bridgehead atoms. The number of carbonyl (C=O) groups excluding carboxylic acids is 2. The normalized spacial score (nSPS) is 17.4. The summed E-state index contributed by atoms with van der Waals surface area (Å²) in [6, 6.07) is 4.29. The van der Waals surface area contributed by atoms with Gasteiger partial charge in [0.1, 0.15) is 10.8 Å². The average Bonchev–Trinajstić information content (AvgIpc) is 3.01. The van der Waals surface area contributed by atoms with Crippen molar-refractivity contribution in [1.29, 1.82) is 0 Å². The number of hydrogen-bond acceptors (Lipinski definition) is 5. The molecule has 0 saturated carbocycles. The number of hydrogen-bond donors (Lipinski definition) is 1. The number of carbonyl (C=O) groups is 2. The summed E-state index contributed by atoms with van der Waals surface area (Å²) in [5.41, 5.74) is 0.279. The summed E-state index contributed by atoms with van der Waals surface area (Å²) in [7, 11) is 0. The van der Waals surface area contributed by atoms with E-state index in [9.17, 15) is 14.0 Å². The first-order valence-electron chi connectivity index (χ1n) is 7.79. The third kappa shape index (κ3) is 4.21. The van der Waals surface area contributed by atoms with Gasteiger partial charge in [0.05, 0.1) is 10.4 Å². The van der Waals surface area contributed by atoms with Crippen LogP contribution < -0.4 is 5.32 Å². The van der Waals surface area contributed by atoms with E-state index >= 15 is 0 Å². The molecule has 25 heavy (non-hydrogen) atoms. The highest BCUT2D eigenvalue weighted by atomic mass is 79.9. The fourth-order valence-corrected chi connectivity index (χ4v) is 3.58. The van der Waals surface area contributed by atoms with Crippen LogP contribution in [0.3, 0.4) is 0 Å². The third-order valence-electron chi connectivity index (χ3n) is 4.00. The fourth-order valence-electron chi connectivity index (χ4n) is 2.74. The second-order valence-corrected chi connectivity index (χ2v) is 7.87. The van der Waals surface area contributed by atoms with Crippen molar-refractivity contribution >= 4 is 44.2 Å². The van der Waals surface area contributed by atoms with Crippen LogP contribution in [0.5, 0.6) is 0 Å². The van der Waals surface area contributed by atoms with E-state index < -0.39 is 5.82 Å². The van der Waals surface area contributed by atoms with Gasteiger partial charge in [-0.2, -0.15) is 0 Å². The van der Waals surface area contributed by atoms with Crippen molar-refractivity contribution in [3.63, 3.8) is 0 Å². The molecule has 1 N–H and O–H groups in total. The molecule has 1 aromatic carbocycles. The molecule has 1 unspecified atom stereocenters. The summed E-state index contributed by atoms with van der Waals surface area (Å²) in [6.45, 7) is 2.67. The van der Waals surface area contributed by atoms with E-state index in [-0.39, 0.29) is 23.3 Å². The van der Waals surface area contributed by atoms with Gasteiger partial charge in [-0.1, -0.05) is 11.3 Å². The van der Waals surface area contributed by atoms with E-state index in [4.69, 9.17) is 0 Å². The maximum atomic E-state index is 13.7. The number of piperidine rings is 1. The van der Waals surface area contributed by atoms with E-state index in [1.807, 2.05) is 6.92 Å². The lowest BCUT2D eigenvalue weighted by atomic mass is 9.96. The van der Waals surface area contributed by atoms with Gasteiger partial charge in [0.15, 0.2) is 0 Å². The number of rotatable bonds is 3. The van der Waals surface area contributed by atoms with Gasteiger partial charge in [-0.05, 0) is 53.9 Å². The van der Waals surface area contributed by atoms with Gasteiger partial charge in [-0.3, -0.25) is 9.59 Å². The Bertz CT molecular complexity index is 813. The number of likely N-dealkylation sites (tertiary alicyclic amines) is 1. The van der Waals surface area contributed by atoms with Crippen LogP contribution in [0.25, 0.3) is 0 Å². The Morgan fingerprint density at radius 2 is 2.20 bits per heavy atom. The predicted molar refractivity (Wildman–Crippen MR) is 96.0 cm³/mol.